The van der Waals surface area contributed by atoms with Crippen LogP contribution in [0.5, 0.6) is 0 Å². The van der Waals surface area contributed by atoms with E-state index in [2.05, 4.69) is 20.3 Å². The first-order valence-corrected chi connectivity index (χ1v) is 9.52. The van der Waals surface area contributed by atoms with E-state index >= 15 is 0 Å². The molecule has 7 heteroatoms. The molecule has 0 saturated carbocycles. The highest BCUT2D eigenvalue weighted by Crippen LogP contribution is 2.22. The predicted octanol–water partition coefficient (Wildman–Crippen LogP) is 3.30. The summed E-state index contributed by atoms with van der Waals surface area (Å²) in [4.78, 5) is 26.5. The SMILES string of the molecule is Cc1cc(C)nc(-c2ccc(C)c(C(=O)NC[C@@H](O)c3scnc3C)c2)n1. The first-order valence-electron chi connectivity index (χ1n) is 8.64. The molecule has 2 N–H and O–H groups in total. The van der Waals surface area contributed by atoms with Crippen LogP contribution in [0, 0.1) is 27.7 Å². The fourth-order valence-electron chi connectivity index (χ4n) is 2.87. The molecule has 0 radical (unpaired) electrons. The van der Waals surface area contributed by atoms with Crippen LogP contribution in [0.4, 0.5) is 0 Å². The fraction of sp³-hybridized carbons (Fsp3) is 0.300. The molecule has 0 aliphatic heterocycles. The molecule has 2 heterocycles. The number of aliphatic hydroxyl groups is 1. The summed E-state index contributed by atoms with van der Waals surface area (Å²) in [6.45, 7) is 7.69. The van der Waals surface area contributed by atoms with Gasteiger partial charge >= 0.3 is 0 Å². The molecule has 2 aromatic heterocycles. The zero-order chi connectivity index (χ0) is 19.6. The Morgan fingerprint density at radius 3 is 2.48 bits per heavy atom. The minimum absolute atomic E-state index is 0.131. The monoisotopic (exact) mass is 382 g/mol. The summed E-state index contributed by atoms with van der Waals surface area (Å²) in [5.41, 5.74) is 6.42. The van der Waals surface area contributed by atoms with Crippen LogP contribution in [0.3, 0.4) is 0 Å². The highest BCUT2D eigenvalue weighted by Gasteiger charge is 2.17. The van der Waals surface area contributed by atoms with Crippen LogP contribution < -0.4 is 5.32 Å². The Kier molecular flexibility index (Phi) is 5.62. The van der Waals surface area contributed by atoms with Crippen molar-refractivity contribution in [1.82, 2.24) is 20.3 Å². The van der Waals surface area contributed by atoms with E-state index in [4.69, 9.17) is 0 Å². The Balaban J connectivity index is 1.79. The van der Waals surface area contributed by atoms with Crippen molar-refractivity contribution < 1.29 is 9.90 Å². The largest absolute Gasteiger partial charge is 0.386 e. The van der Waals surface area contributed by atoms with Gasteiger partial charge in [0.15, 0.2) is 5.82 Å². The van der Waals surface area contributed by atoms with Gasteiger partial charge < -0.3 is 10.4 Å². The summed E-state index contributed by atoms with van der Waals surface area (Å²) in [5.74, 6) is 0.363. The molecule has 0 saturated heterocycles. The lowest BCUT2D eigenvalue weighted by molar-refractivity contribution is 0.0917. The minimum Gasteiger partial charge on any atom is -0.386 e. The number of hydrogen-bond acceptors (Lipinski definition) is 6. The van der Waals surface area contributed by atoms with Gasteiger partial charge in [-0.2, -0.15) is 0 Å². The van der Waals surface area contributed by atoms with Crippen molar-refractivity contribution in [1.29, 1.82) is 0 Å². The summed E-state index contributed by atoms with van der Waals surface area (Å²) >= 11 is 1.38. The average molecular weight is 382 g/mol. The summed E-state index contributed by atoms with van der Waals surface area (Å²) in [6, 6.07) is 7.50. The molecule has 0 unspecified atom stereocenters. The van der Waals surface area contributed by atoms with Gasteiger partial charge in [-0.15, -0.1) is 11.3 Å². The van der Waals surface area contributed by atoms with Crippen LogP contribution in [0.25, 0.3) is 11.4 Å². The number of thiazole rings is 1. The molecule has 0 aliphatic carbocycles. The van der Waals surface area contributed by atoms with E-state index in [1.807, 2.05) is 45.9 Å². The van der Waals surface area contributed by atoms with Crippen LogP contribution in [-0.2, 0) is 0 Å². The maximum atomic E-state index is 12.7. The van der Waals surface area contributed by atoms with E-state index in [9.17, 15) is 9.90 Å². The number of rotatable bonds is 5. The van der Waals surface area contributed by atoms with Crippen LogP contribution >= 0.6 is 11.3 Å². The Morgan fingerprint density at radius 2 is 1.85 bits per heavy atom. The quantitative estimate of drug-likeness (QED) is 0.707. The van der Waals surface area contributed by atoms with Crippen LogP contribution in [0.2, 0.25) is 0 Å². The molecule has 1 atom stereocenters. The van der Waals surface area contributed by atoms with Crippen molar-refractivity contribution in [2.75, 3.05) is 6.54 Å². The third kappa shape index (κ3) is 4.37. The zero-order valence-corrected chi connectivity index (χ0v) is 16.6. The number of amides is 1. The van der Waals surface area contributed by atoms with Crippen LogP contribution in [-0.4, -0.2) is 32.5 Å². The maximum absolute atomic E-state index is 12.7. The van der Waals surface area contributed by atoms with E-state index in [0.29, 0.717) is 11.4 Å². The number of nitrogens with zero attached hydrogens (tertiary/aromatic N) is 3. The van der Waals surface area contributed by atoms with E-state index < -0.39 is 6.10 Å². The van der Waals surface area contributed by atoms with Gasteiger partial charge in [-0.1, -0.05) is 12.1 Å². The second-order valence-electron chi connectivity index (χ2n) is 6.53. The lowest BCUT2D eigenvalue weighted by Crippen LogP contribution is -2.29. The smallest absolute Gasteiger partial charge is 0.251 e. The van der Waals surface area contributed by atoms with Crippen molar-refractivity contribution >= 4 is 17.2 Å². The Hall–Kier alpha value is -2.64. The lowest BCUT2D eigenvalue weighted by Gasteiger charge is -2.13. The number of nitrogens with one attached hydrogen (secondary N) is 1. The van der Waals surface area contributed by atoms with Crippen molar-refractivity contribution in [2.24, 2.45) is 0 Å². The Labute approximate surface area is 162 Å². The number of aromatic nitrogens is 3. The van der Waals surface area contributed by atoms with Crippen LogP contribution in [0.1, 0.15) is 44.0 Å². The molecular formula is C20H22N4O2S. The second-order valence-corrected chi connectivity index (χ2v) is 7.42. The summed E-state index contributed by atoms with van der Waals surface area (Å²) in [6.07, 6.45) is -0.771. The van der Waals surface area contributed by atoms with Gasteiger partial charge in [0.1, 0.15) is 6.10 Å². The number of carbonyl (C=O) groups is 1. The highest BCUT2D eigenvalue weighted by atomic mass is 32.1. The molecule has 140 valence electrons. The van der Waals surface area contributed by atoms with Crippen molar-refractivity contribution in [3.05, 3.63) is 62.9 Å². The van der Waals surface area contributed by atoms with E-state index in [-0.39, 0.29) is 12.5 Å². The highest BCUT2D eigenvalue weighted by molar-refractivity contribution is 7.09. The summed E-state index contributed by atoms with van der Waals surface area (Å²) in [7, 11) is 0. The molecule has 0 aliphatic rings. The van der Waals surface area contributed by atoms with Gasteiger partial charge in [0, 0.05) is 29.1 Å². The average Bonchev–Trinajstić information content (AvgIpc) is 3.05. The molecule has 6 nitrogen and oxygen atoms in total. The first kappa shape index (κ1) is 19.1. The number of benzene rings is 1. The molecule has 1 amide bonds. The van der Waals surface area contributed by atoms with E-state index in [1.165, 1.54) is 11.3 Å². The molecule has 3 aromatic rings. The molecule has 0 bridgehead atoms. The third-order valence-electron chi connectivity index (χ3n) is 4.26. The van der Waals surface area contributed by atoms with Crippen molar-refractivity contribution in [3.8, 4) is 11.4 Å². The van der Waals surface area contributed by atoms with Gasteiger partial charge in [0.05, 0.1) is 16.1 Å². The number of carbonyl (C=O) groups excluding carboxylic acids is 1. The number of hydrogen-bond donors (Lipinski definition) is 2. The first-order chi connectivity index (χ1) is 12.8. The van der Waals surface area contributed by atoms with Gasteiger partial charge in [0.25, 0.3) is 5.91 Å². The van der Waals surface area contributed by atoms with Gasteiger partial charge in [0.2, 0.25) is 0 Å². The van der Waals surface area contributed by atoms with Gasteiger partial charge in [-0.25, -0.2) is 15.0 Å². The number of aryl methyl sites for hydroxylation is 4. The number of aliphatic hydroxyl groups excluding tert-OH is 1. The molecule has 0 fully saturated rings. The molecular weight excluding hydrogens is 360 g/mol. The normalized spacial score (nSPS) is 12.0. The standard InChI is InChI=1S/C20H22N4O2S/c1-11-5-6-15(19-23-12(2)7-13(3)24-19)8-16(11)20(26)21-9-17(25)18-14(4)22-10-27-18/h5-8,10,17,25H,9H2,1-4H3,(H,21,26)/t17-/m1/s1. The minimum atomic E-state index is -0.771. The summed E-state index contributed by atoms with van der Waals surface area (Å²) < 4.78 is 0. The van der Waals surface area contributed by atoms with E-state index in [1.54, 1.807) is 11.6 Å². The third-order valence-corrected chi connectivity index (χ3v) is 5.30. The van der Waals surface area contributed by atoms with E-state index in [0.717, 1.165) is 33.1 Å². The second kappa shape index (κ2) is 7.94. The predicted molar refractivity (Wildman–Crippen MR) is 106 cm³/mol. The topological polar surface area (TPSA) is 88.0 Å². The van der Waals surface area contributed by atoms with Crippen LogP contribution in [0.15, 0.2) is 29.8 Å². The Morgan fingerprint density at radius 1 is 1.15 bits per heavy atom. The molecule has 1 aromatic carbocycles. The molecule has 0 spiro atoms. The van der Waals surface area contributed by atoms with Crippen molar-refractivity contribution in [2.45, 2.75) is 33.8 Å². The zero-order valence-electron chi connectivity index (χ0n) is 15.8. The van der Waals surface area contributed by atoms with Gasteiger partial charge in [-0.05, 0) is 45.4 Å². The lowest BCUT2D eigenvalue weighted by atomic mass is 10.0. The fourth-order valence-corrected chi connectivity index (χ4v) is 3.66. The summed E-state index contributed by atoms with van der Waals surface area (Å²) in [5, 5.41) is 13.1. The van der Waals surface area contributed by atoms with Crippen molar-refractivity contribution in [3.63, 3.8) is 0 Å². The maximum Gasteiger partial charge on any atom is 0.251 e. The van der Waals surface area contributed by atoms with Gasteiger partial charge in [-0.3, -0.25) is 4.79 Å². The molecule has 3 rings (SSSR count). The molecule has 27 heavy (non-hydrogen) atoms. The Bertz CT molecular complexity index is 964.